The zero-order valence-electron chi connectivity index (χ0n) is 13.0. The van der Waals surface area contributed by atoms with Gasteiger partial charge in [-0.2, -0.15) is 0 Å². The average Bonchev–Trinajstić information content (AvgIpc) is 3.26. The van der Waals surface area contributed by atoms with Gasteiger partial charge in [-0.3, -0.25) is 10.1 Å². The summed E-state index contributed by atoms with van der Waals surface area (Å²) in [4.78, 5) is 13.2. The molecule has 0 fully saturated rings. The first kappa shape index (κ1) is 18.3. The van der Waals surface area contributed by atoms with Gasteiger partial charge in [-0.15, -0.1) is 21.5 Å². The number of benzene rings is 1. The lowest BCUT2D eigenvalue weighted by Gasteiger charge is -2.05. The molecule has 3 aromatic rings. The first-order valence-corrected chi connectivity index (χ1v) is 10.4. The van der Waals surface area contributed by atoms with Crippen LogP contribution in [0.4, 0.5) is 5.13 Å². The van der Waals surface area contributed by atoms with Crippen LogP contribution >= 0.6 is 46.0 Å². The molecule has 2 heterocycles. The Labute approximate surface area is 162 Å². The van der Waals surface area contributed by atoms with E-state index in [2.05, 4.69) is 21.6 Å². The molecule has 0 aliphatic rings. The van der Waals surface area contributed by atoms with Crippen molar-refractivity contribution in [2.75, 3.05) is 11.9 Å². The molecule has 3 rings (SSSR count). The summed E-state index contributed by atoms with van der Waals surface area (Å²) in [5, 5.41) is 13.9. The second kappa shape index (κ2) is 9.30. The van der Waals surface area contributed by atoms with Crippen molar-refractivity contribution in [2.24, 2.45) is 0 Å². The third-order valence-corrected chi connectivity index (χ3v) is 6.47. The van der Waals surface area contributed by atoms with E-state index in [0.29, 0.717) is 10.2 Å². The maximum absolute atomic E-state index is 11.9. The van der Waals surface area contributed by atoms with Crippen LogP contribution in [0.25, 0.3) is 0 Å². The standard InChI is InChI=1S/C16H14ClN3O2S3/c17-13-6-2-1-4-11(13)8-22-9-14(21)18-15-19-20-16(25-15)24-10-12-5-3-7-23-12/h1-7H,8-10H2,(H,18,19,21). The number of rotatable bonds is 8. The molecule has 1 aromatic carbocycles. The molecule has 2 aromatic heterocycles. The number of anilines is 1. The Morgan fingerprint density at radius 2 is 2.12 bits per heavy atom. The van der Waals surface area contributed by atoms with Crippen LogP contribution in [-0.2, 0) is 21.9 Å². The second-order valence-corrected chi connectivity index (χ2v) is 8.51. The van der Waals surface area contributed by atoms with Gasteiger partial charge in [0.2, 0.25) is 5.13 Å². The normalized spacial score (nSPS) is 10.8. The number of hydrogen-bond acceptors (Lipinski definition) is 7. The van der Waals surface area contributed by atoms with Crippen LogP contribution in [0.1, 0.15) is 10.4 Å². The summed E-state index contributed by atoms with van der Waals surface area (Å²) in [7, 11) is 0. The van der Waals surface area contributed by atoms with Crippen molar-refractivity contribution in [3.8, 4) is 0 Å². The fraction of sp³-hybridized carbons (Fsp3) is 0.188. The van der Waals surface area contributed by atoms with E-state index in [9.17, 15) is 4.79 Å². The van der Waals surface area contributed by atoms with Gasteiger partial charge < -0.3 is 4.74 Å². The first-order chi connectivity index (χ1) is 12.2. The Kier molecular flexibility index (Phi) is 6.83. The topological polar surface area (TPSA) is 64.1 Å². The smallest absolute Gasteiger partial charge is 0.252 e. The van der Waals surface area contributed by atoms with E-state index in [0.717, 1.165) is 15.7 Å². The predicted octanol–water partition coefficient (Wildman–Crippen LogP) is 4.70. The lowest BCUT2D eigenvalue weighted by molar-refractivity contribution is -0.121. The highest BCUT2D eigenvalue weighted by Gasteiger charge is 2.10. The molecule has 0 radical (unpaired) electrons. The summed E-state index contributed by atoms with van der Waals surface area (Å²) in [6.07, 6.45) is 0. The lowest BCUT2D eigenvalue weighted by Crippen LogP contribution is -2.18. The number of nitrogens with zero attached hydrogens (tertiary/aromatic N) is 2. The highest BCUT2D eigenvalue weighted by Crippen LogP contribution is 2.29. The van der Waals surface area contributed by atoms with Gasteiger partial charge in [0, 0.05) is 15.7 Å². The number of halogens is 1. The van der Waals surface area contributed by atoms with Crippen LogP contribution in [0.3, 0.4) is 0 Å². The fourth-order valence-corrected chi connectivity index (χ4v) is 4.60. The van der Waals surface area contributed by atoms with Gasteiger partial charge in [0.15, 0.2) is 4.34 Å². The highest BCUT2D eigenvalue weighted by atomic mass is 35.5. The Morgan fingerprint density at radius 1 is 1.24 bits per heavy atom. The zero-order valence-corrected chi connectivity index (χ0v) is 16.2. The van der Waals surface area contributed by atoms with Crippen molar-refractivity contribution in [3.63, 3.8) is 0 Å². The minimum Gasteiger partial charge on any atom is -0.367 e. The van der Waals surface area contributed by atoms with E-state index in [-0.39, 0.29) is 19.1 Å². The number of hydrogen-bond donors (Lipinski definition) is 1. The van der Waals surface area contributed by atoms with Gasteiger partial charge in [-0.05, 0) is 23.1 Å². The van der Waals surface area contributed by atoms with E-state index < -0.39 is 0 Å². The summed E-state index contributed by atoms with van der Waals surface area (Å²) < 4.78 is 6.21. The van der Waals surface area contributed by atoms with Gasteiger partial charge in [0.25, 0.3) is 5.91 Å². The molecule has 0 bridgehead atoms. The Hall–Kier alpha value is -1.45. The van der Waals surface area contributed by atoms with Crippen LogP contribution in [0.5, 0.6) is 0 Å². The molecule has 25 heavy (non-hydrogen) atoms. The predicted molar refractivity (Wildman–Crippen MR) is 104 cm³/mol. The minimum atomic E-state index is -0.266. The van der Waals surface area contributed by atoms with Crippen molar-refractivity contribution in [3.05, 3.63) is 57.2 Å². The van der Waals surface area contributed by atoms with Gasteiger partial charge >= 0.3 is 0 Å². The number of thiophene rings is 1. The molecule has 9 heteroatoms. The molecule has 0 saturated carbocycles. The number of ether oxygens (including phenoxy) is 1. The third-order valence-electron chi connectivity index (χ3n) is 3.02. The van der Waals surface area contributed by atoms with Crippen LogP contribution in [-0.4, -0.2) is 22.7 Å². The summed E-state index contributed by atoms with van der Waals surface area (Å²) >= 11 is 10.7. The van der Waals surface area contributed by atoms with E-state index in [1.807, 2.05) is 29.6 Å². The van der Waals surface area contributed by atoms with E-state index in [1.54, 1.807) is 29.2 Å². The summed E-state index contributed by atoms with van der Waals surface area (Å²) in [5.41, 5.74) is 0.847. The number of thioether (sulfide) groups is 1. The molecular weight excluding hydrogens is 398 g/mol. The van der Waals surface area contributed by atoms with Gasteiger partial charge in [-0.1, -0.05) is 59.0 Å². The molecular formula is C16H14ClN3O2S3. The molecule has 1 amide bonds. The van der Waals surface area contributed by atoms with Gasteiger partial charge in [0.1, 0.15) is 6.61 Å². The molecule has 0 spiro atoms. The van der Waals surface area contributed by atoms with Crippen molar-refractivity contribution in [1.82, 2.24) is 10.2 Å². The van der Waals surface area contributed by atoms with Crippen molar-refractivity contribution in [1.29, 1.82) is 0 Å². The Bertz CT molecular complexity index is 824. The van der Waals surface area contributed by atoms with E-state index in [1.165, 1.54) is 16.2 Å². The fourth-order valence-electron chi connectivity index (χ4n) is 1.87. The maximum Gasteiger partial charge on any atom is 0.252 e. The molecule has 0 aliphatic heterocycles. The van der Waals surface area contributed by atoms with Crippen LogP contribution in [0.15, 0.2) is 46.1 Å². The van der Waals surface area contributed by atoms with Gasteiger partial charge in [0.05, 0.1) is 6.61 Å². The molecule has 130 valence electrons. The van der Waals surface area contributed by atoms with Crippen LogP contribution < -0.4 is 5.32 Å². The molecule has 0 atom stereocenters. The quantitative estimate of drug-likeness (QED) is 0.430. The molecule has 1 N–H and O–H groups in total. The molecule has 5 nitrogen and oxygen atoms in total. The molecule has 0 unspecified atom stereocenters. The zero-order chi connectivity index (χ0) is 17.5. The van der Waals surface area contributed by atoms with Crippen molar-refractivity contribution < 1.29 is 9.53 Å². The second-order valence-electron chi connectivity index (χ2n) is 4.87. The first-order valence-electron chi connectivity index (χ1n) is 7.30. The van der Waals surface area contributed by atoms with E-state index >= 15 is 0 Å². The lowest BCUT2D eigenvalue weighted by atomic mass is 10.2. The maximum atomic E-state index is 11.9. The van der Waals surface area contributed by atoms with Gasteiger partial charge in [-0.25, -0.2) is 0 Å². The largest absolute Gasteiger partial charge is 0.367 e. The van der Waals surface area contributed by atoms with Crippen LogP contribution in [0.2, 0.25) is 5.02 Å². The summed E-state index contributed by atoms with van der Waals surface area (Å²) in [6, 6.07) is 11.5. The van der Waals surface area contributed by atoms with Crippen molar-refractivity contribution in [2.45, 2.75) is 16.7 Å². The summed E-state index contributed by atoms with van der Waals surface area (Å²) in [5.74, 6) is 0.583. The van der Waals surface area contributed by atoms with Crippen LogP contribution in [0, 0.1) is 0 Å². The summed E-state index contributed by atoms with van der Waals surface area (Å²) in [6.45, 7) is 0.216. The average molecular weight is 412 g/mol. The molecule has 0 aliphatic carbocycles. The number of aromatic nitrogens is 2. The third kappa shape index (κ3) is 5.79. The SMILES string of the molecule is O=C(COCc1ccccc1Cl)Nc1nnc(SCc2cccs2)s1. The Balaban J connectivity index is 1.41. The number of carbonyl (C=O) groups excluding carboxylic acids is 1. The number of amides is 1. The minimum absolute atomic E-state index is 0.0670. The monoisotopic (exact) mass is 411 g/mol. The van der Waals surface area contributed by atoms with E-state index in [4.69, 9.17) is 16.3 Å². The van der Waals surface area contributed by atoms with Crippen molar-refractivity contribution >= 4 is 57.1 Å². The number of carbonyl (C=O) groups is 1. The molecule has 0 saturated heterocycles. The number of nitrogens with one attached hydrogen (secondary N) is 1. The Morgan fingerprint density at radius 3 is 2.92 bits per heavy atom. The highest BCUT2D eigenvalue weighted by molar-refractivity contribution is 8.00.